The Bertz CT molecular complexity index is 361. The maximum atomic E-state index is 11.9. The van der Waals surface area contributed by atoms with Crippen LogP contribution in [0.5, 0.6) is 5.75 Å². The third-order valence-corrected chi connectivity index (χ3v) is 2.84. The smallest absolute Gasteiger partial charge is 0.406 e. The molecule has 1 heterocycles. The average Bonchev–Trinajstić information content (AvgIpc) is 2.71. The molecule has 18 heavy (non-hydrogen) atoms. The summed E-state index contributed by atoms with van der Waals surface area (Å²) in [5, 5.41) is 3.26. The number of rotatable bonds is 3. The van der Waals surface area contributed by atoms with E-state index < -0.39 is 6.36 Å². The average molecular weight is 282 g/mol. The topological polar surface area (TPSA) is 21.3 Å². The Morgan fingerprint density at radius 2 is 1.89 bits per heavy atom. The molecule has 0 aromatic heterocycles. The molecule has 1 unspecified atom stereocenters. The van der Waals surface area contributed by atoms with Gasteiger partial charge in [0.05, 0.1) is 0 Å². The third kappa shape index (κ3) is 4.74. The maximum absolute atomic E-state index is 11.9. The molecule has 1 aromatic carbocycles. The van der Waals surface area contributed by atoms with Crippen LogP contribution >= 0.6 is 12.4 Å². The molecule has 102 valence electrons. The van der Waals surface area contributed by atoms with Gasteiger partial charge in [-0.1, -0.05) is 12.1 Å². The van der Waals surface area contributed by atoms with Crippen LogP contribution in [-0.4, -0.2) is 19.5 Å². The largest absolute Gasteiger partial charge is 0.573 e. The molecule has 0 radical (unpaired) electrons. The molecule has 1 aliphatic heterocycles. The quantitative estimate of drug-likeness (QED) is 0.919. The van der Waals surface area contributed by atoms with Gasteiger partial charge in [-0.25, -0.2) is 0 Å². The van der Waals surface area contributed by atoms with E-state index >= 15 is 0 Å². The van der Waals surface area contributed by atoms with Crippen LogP contribution in [0.3, 0.4) is 0 Å². The lowest BCUT2D eigenvalue weighted by Gasteiger charge is -2.11. The second-order valence-corrected chi connectivity index (χ2v) is 4.25. The van der Waals surface area contributed by atoms with Gasteiger partial charge in [0, 0.05) is 0 Å². The molecule has 6 heteroatoms. The fraction of sp³-hybridized carbons (Fsp3) is 0.500. The van der Waals surface area contributed by atoms with E-state index in [9.17, 15) is 13.2 Å². The van der Waals surface area contributed by atoms with E-state index in [-0.39, 0.29) is 18.2 Å². The summed E-state index contributed by atoms with van der Waals surface area (Å²) in [7, 11) is 0. The fourth-order valence-electron chi connectivity index (χ4n) is 2.05. The Labute approximate surface area is 110 Å². The first-order valence-electron chi connectivity index (χ1n) is 5.58. The molecular formula is C12H15ClF3NO. The summed E-state index contributed by atoms with van der Waals surface area (Å²) in [4.78, 5) is 0. The number of halogens is 4. The van der Waals surface area contributed by atoms with Gasteiger partial charge in [0.1, 0.15) is 5.75 Å². The zero-order valence-corrected chi connectivity index (χ0v) is 10.5. The number of alkyl halides is 3. The summed E-state index contributed by atoms with van der Waals surface area (Å²) in [6.07, 6.45) is -2.59. The Balaban J connectivity index is 0.00000162. The lowest BCUT2D eigenvalue weighted by atomic mass is 9.99. The molecule has 0 spiro atoms. The Morgan fingerprint density at radius 3 is 2.39 bits per heavy atom. The maximum Gasteiger partial charge on any atom is 0.573 e. The van der Waals surface area contributed by atoms with Crippen LogP contribution in [-0.2, 0) is 6.42 Å². The van der Waals surface area contributed by atoms with Crippen molar-refractivity contribution in [1.82, 2.24) is 5.32 Å². The molecule has 0 saturated carbocycles. The van der Waals surface area contributed by atoms with E-state index in [0.29, 0.717) is 5.92 Å². The summed E-state index contributed by atoms with van der Waals surface area (Å²) in [6.45, 7) is 2.01. The van der Waals surface area contributed by atoms with Crippen LogP contribution in [0.15, 0.2) is 24.3 Å². The lowest BCUT2D eigenvalue weighted by Crippen LogP contribution is -2.17. The number of benzene rings is 1. The normalized spacial score (nSPS) is 19.4. The minimum absolute atomic E-state index is 0. The van der Waals surface area contributed by atoms with Crippen molar-refractivity contribution in [3.8, 4) is 5.75 Å². The first-order chi connectivity index (χ1) is 8.03. The van der Waals surface area contributed by atoms with Crippen molar-refractivity contribution in [2.75, 3.05) is 13.1 Å². The van der Waals surface area contributed by atoms with Gasteiger partial charge in [-0.3, -0.25) is 0 Å². The Hall–Kier alpha value is -0.940. The van der Waals surface area contributed by atoms with Gasteiger partial charge in [0.25, 0.3) is 0 Å². The van der Waals surface area contributed by atoms with E-state index in [1.165, 1.54) is 12.1 Å². The predicted molar refractivity (Wildman–Crippen MR) is 65.1 cm³/mol. The van der Waals surface area contributed by atoms with E-state index in [1.807, 2.05) is 0 Å². The highest BCUT2D eigenvalue weighted by Gasteiger charge is 2.30. The Kier molecular flexibility index (Phi) is 5.28. The summed E-state index contributed by atoms with van der Waals surface area (Å²) in [5.74, 6) is 0.426. The van der Waals surface area contributed by atoms with Crippen molar-refractivity contribution in [2.45, 2.75) is 19.2 Å². The van der Waals surface area contributed by atoms with Crippen molar-refractivity contribution in [2.24, 2.45) is 5.92 Å². The SMILES string of the molecule is Cl.FC(F)(F)Oc1ccc(CC2CCNC2)cc1. The van der Waals surface area contributed by atoms with Crippen molar-refractivity contribution >= 4 is 12.4 Å². The highest BCUT2D eigenvalue weighted by molar-refractivity contribution is 5.85. The molecule has 1 atom stereocenters. The Morgan fingerprint density at radius 1 is 1.22 bits per heavy atom. The minimum Gasteiger partial charge on any atom is -0.406 e. The van der Waals surface area contributed by atoms with Crippen molar-refractivity contribution in [3.63, 3.8) is 0 Å². The second kappa shape index (κ2) is 6.29. The molecule has 1 aromatic rings. The zero-order chi connectivity index (χ0) is 12.3. The standard InChI is InChI=1S/C12H14F3NO.ClH/c13-12(14,15)17-11-3-1-9(2-4-11)7-10-5-6-16-8-10;/h1-4,10,16H,5-8H2;1H. The van der Waals surface area contributed by atoms with Crippen molar-refractivity contribution in [3.05, 3.63) is 29.8 Å². The van der Waals surface area contributed by atoms with Gasteiger partial charge in [-0.05, 0) is 49.5 Å². The van der Waals surface area contributed by atoms with Gasteiger partial charge in [0.2, 0.25) is 0 Å². The van der Waals surface area contributed by atoms with Crippen LogP contribution in [0, 0.1) is 5.92 Å². The van der Waals surface area contributed by atoms with Crippen molar-refractivity contribution < 1.29 is 17.9 Å². The third-order valence-electron chi connectivity index (χ3n) is 2.84. The van der Waals surface area contributed by atoms with Crippen LogP contribution < -0.4 is 10.1 Å². The number of nitrogens with one attached hydrogen (secondary N) is 1. The molecule has 1 saturated heterocycles. The molecule has 1 aliphatic rings. The van der Waals surface area contributed by atoms with Gasteiger partial charge in [-0.2, -0.15) is 0 Å². The summed E-state index contributed by atoms with van der Waals surface area (Å²) in [5.41, 5.74) is 1.05. The summed E-state index contributed by atoms with van der Waals surface area (Å²) >= 11 is 0. The van der Waals surface area contributed by atoms with Gasteiger partial charge < -0.3 is 10.1 Å². The summed E-state index contributed by atoms with van der Waals surface area (Å²) < 4.78 is 39.6. The molecule has 1 N–H and O–H groups in total. The monoisotopic (exact) mass is 281 g/mol. The lowest BCUT2D eigenvalue weighted by molar-refractivity contribution is -0.274. The first-order valence-corrected chi connectivity index (χ1v) is 5.58. The van der Waals surface area contributed by atoms with Crippen molar-refractivity contribution in [1.29, 1.82) is 0 Å². The molecule has 0 amide bonds. The van der Waals surface area contributed by atoms with Crippen LogP contribution in [0.2, 0.25) is 0 Å². The van der Waals surface area contributed by atoms with E-state index in [4.69, 9.17) is 0 Å². The van der Waals surface area contributed by atoms with Crippen LogP contribution in [0.1, 0.15) is 12.0 Å². The number of ether oxygens (including phenoxy) is 1. The molecule has 1 fully saturated rings. The minimum atomic E-state index is -4.61. The van der Waals surface area contributed by atoms with E-state index in [1.54, 1.807) is 12.1 Å². The molecule has 0 aliphatic carbocycles. The molecule has 0 bridgehead atoms. The van der Waals surface area contributed by atoms with Crippen LogP contribution in [0.4, 0.5) is 13.2 Å². The highest BCUT2D eigenvalue weighted by atomic mass is 35.5. The number of hydrogen-bond donors (Lipinski definition) is 1. The zero-order valence-electron chi connectivity index (χ0n) is 9.67. The molecule has 2 nitrogen and oxygen atoms in total. The molecule has 2 rings (SSSR count). The van der Waals surface area contributed by atoms with E-state index in [2.05, 4.69) is 10.1 Å². The fourth-order valence-corrected chi connectivity index (χ4v) is 2.05. The first kappa shape index (κ1) is 15.1. The summed E-state index contributed by atoms with van der Waals surface area (Å²) in [6, 6.07) is 6.12. The van der Waals surface area contributed by atoms with Gasteiger partial charge >= 0.3 is 6.36 Å². The second-order valence-electron chi connectivity index (χ2n) is 4.25. The highest BCUT2D eigenvalue weighted by Crippen LogP contribution is 2.24. The molecular weight excluding hydrogens is 267 g/mol. The van der Waals surface area contributed by atoms with Crippen LogP contribution in [0.25, 0.3) is 0 Å². The van der Waals surface area contributed by atoms with Gasteiger partial charge in [0.15, 0.2) is 0 Å². The van der Waals surface area contributed by atoms with E-state index in [0.717, 1.165) is 31.5 Å². The predicted octanol–water partition coefficient (Wildman–Crippen LogP) is 3.16. The number of hydrogen-bond acceptors (Lipinski definition) is 2. The van der Waals surface area contributed by atoms with Gasteiger partial charge in [-0.15, -0.1) is 25.6 Å².